The molecule has 1 amide bonds. The first-order chi connectivity index (χ1) is 11.2. The van der Waals surface area contributed by atoms with Crippen molar-refractivity contribution in [1.29, 1.82) is 0 Å². The summed E-state index contributed by atoms with van der Waals surface area (Å²) in [6.45, 7) is 3.61. The second kappa shape index (κ2) is 7.55. The third kappa shape index (κ3) is 4.29. The minimum atomic E-state index is -3.55. The maximum absolute atomic E-state index is 12.9. The van der Waals surface area contributed by atoms with E-state index in [1.807, 2.05) is 19.1 Å². The van der Waals surface area contributed by atoms with Gasteiger partial charge in [-0.25, -0.2) is 8.42 Å². The lowest BCUT2D eigenvalue weighted by molar-refractivity contribution is -0.133. The molecule has 0 aliphatic heterocycles. The SMILES string of the molecule is Cc1ccc(N([C@H](C)C(=O)N(C)C2CCCCC2)S(C)(=O)=O)cc1. The molecular weight excluding hydrogens is 324 g/mol. The molecule has 1 aromatic carbocycles. The van der Waals surface area contributed by atoms with Crippen LogP contribution in [0.3, 0.4) is 0 Å². The van der Waals surface area contributed by atoms with Crippen LogP contribution >= 0.6 is 0 Å². The van der Waals surface area contributed by atoms with E-state index >= 15 is 0 Å². The largest absolute Gasteiger partial charge is 0.341 e. The van der Waals surface area contributed by atoms with Crippen molar-refractivity contribution in [3.63, 3.8) is 0 Å². The zero-order valence-corrected chi connectivity index (χ0v) is 15.8. The molecule has 134 valence electrons. The van der Waals surface area contributed by atoms with Gasteiger partial charge in [-0.2, -0.15) is 0 Å². The Morgan fingerprint density at radius 2 is 1.67 bits per heavy atom. The molecule has 0 saturated heterocycles. The molecule has 0 spiro atoms. The van der Waals surface area contributed by atoms with E-state index in [2.05, 4.69) is 0 Å². The van der Waals surface area contributed by atoms with Gasteiger partial charge in [0.2, 0.25) is 15.9 Å². The third-order valence-corrected chi connectivity index (χ3v) is 6.07. The van der Waals surface area contributed by atoms with Gasteiger partial charge in [0, 0.05) is 13.1 Å². The van der Waals surface area contributed by atoms with Crippen LogP contribution in [0, 0.1) is 6.92 Å². The van der Waals surface area contributed by atoms with Gasteiger partial charge in [-0.05, 0) is 38.8 Å². The van der Waals surface area contributed by atoms with Crippen molar-refractivity contribution in [2.75, 3.05) is 17.6 Å². The maximum atomic E-state index is 12.9. The quantitative estimate of drug-likeness (QED) is 0.819. The van der Waals surface area contributed by atoms with E-state index in [0.717, 1.165) is 37.5 Å². The van der Waals surface area contributed by atoms with Crippen LogP contribution in [0.25, 0.3) is 0 Å². The van der Waals surface area contributed by atoms with Crippen LogP contribution in [0.1, 0.15) is 44.6 Å². The monoisotopic (exact) mass is 352 g/mol. The molecule has 1 aromatic rings. The summed E-state index contributed by atoms with van der Waals surface area (Å²) in [6, 6.07) is 6.68. The standard InChI is InChI=1S/C18H28N2O3S/c1-14-10-12-17(13-11-14)20(24(4,22)23)15(2)18(21)19(3)16-8-6-5-7-9-16/h10-13,15-16H,5-9H2,1-4H3/t15-/m1/s1. The molecule has 1 fully saturated rings. The first kappa shape index (κ1) is 18.8. The molecule has 2 rings (SSSR count). The smallest absolute Gasteiger partial charge is 0.246 e. The van der Waals surface area contributed by atoms with Crippen LogP contribution in [-0.4, -0.2) is 44.6 Å². The van der Waals surface area contributed by atoms with Crippen LogP contribution < -0.4 is 4.31 Å². The summed E-state index contributed by atoms with van der Waals surface area (Å²) in [4.78, 5) is 14.6. The normalized spacial score (nSPS) is 17.3. The zero-order valence-electron chi connectivity index (χ0n) is 15.0. The summed E-state index contributed by atoms with van der Waals surface area (Å²) in [6.07, 6.45) is 6.62. The Labute approximate surface area is 145 Å². The van der Waals surface area contributed by atoms with E-state index in [0.29, 0.717) is 5.69 Å². The Kier molecular flexibility index (Phi) is 5.91. The van der Waals surface area contributed by atoms with Crippen molar-refractivity contribution in [3.05, 3.63) is 29.8 Å². The summed E-state index contributed by atoms with van der Waals surface area (Å²) in [5.41, 5.74) is 1.58. The van der Waals surface area contributed by atoms with E-state index in [4.69, 9.17) is 0 Å². The average molecular weight is 352 g/mol. The van der Waals surface area contributed by atoms with E-state index in [-0.39, 0.29) is 11.9 Å². The van der Waals surface area contributed by atoms with Crippen molar-refractivity contribution < 1.29 is 13.2 Å². The molecule has 1 atom stereocenters. The van der Waals surface area contributed by atoms with Gasteiger partial charge in [0.1, 0.15) is 6.04 Å². The van der Waals surface area contributed by atoms with E-state index < -0.39 is 16.1 Å². The number of rotatable bonds is 5. The van der Waals surface area contributed by atoms with Gasteiger partial charge in [0.05, 0.1) is 11.9 Å². The van der Waals surface area contributed by atoms with Gasteiger partial charge in [-0.15, -0.1) is 0 Å². The molecular formula is C18H28N2O3S. The molecule has 5 nitrogen and oxygen atoms in total. The average Bonchev–Trinajstić information content (AvgIpc) is 2.55. The zero-order chi connectivity index (χ0) is 17.9. The predicted molar refractivity (Wildman–Crippen MR) is 97.6 cm³/mol. The molecule has 0 unspecified atom stereocenters. The number of carbonyl (C=O) groups excluding carboxylic acids is 1. The van der Waals surface area contributed by atoms with E-state index in [1.165, 1.54) is 10.7 Å². The first-order valence-corrected chi connectivity index (χ1v) is 10.4. The highest BCUT2D eigenvalue weighted by atomic mass is 32.2. The lowest BCUT2D eigenvalue weighted by atomic mass is 9.94. The van der Waals surface area contributed by atoms with Gasteiger partial charge >= 0.3 is 0 Å². The molecule has 0 N–H and O–H groups in total. The summed E-state index contributed by atoms with van der Waals surface area (Å²) >= 11 is 0. The number of nitrogens with zero attached hydrogens (tertiary/aromatic N) is 2. The molecule has 0 aromatic heterocycles. The Morgan fingerprint density at radius 3 is 2.17 bits per heavy atom. The molecule has 0 heterocycles. The third-order valence-electron chi connectivity index (χ3n) is 4.82. The highest BCUT2D eigenvalue weighted by Crippen LogP contribution is 2.25. The van der Waals surface area contributed by atoms with Crippen LogP contribution in [-0.2, 0) is 14.8 Å². The van der Waals surface area contributed by atoms with E-state index in [1.54, 1.807) is 31.0 Å². The summed E-state index contributed by atoms with van der Waals surface area (Å²) in [7, 11) is -1.76. The van der Waals surface area contributed by atoms with Crippen molar-refractivity contribution >= 4 is 21.6 Å². The molecule has 0 bridgehead atoms. The predicted octanol–water partition coefficient (Wildman–Crippen LogP) is 2.94. The Hall–Kier alpha value is -1.56. The van der Waals surface area contributed by atoms with E-state index in [9.17, 15) is 13.2 Å². The fourth-order valence-electron chi connectivity index (χ4n) is 3.44. The first-order valence-electron chi connectivity index (χ1n) is 8.54. The van der Waals surface area contributed by atoms with Crippen LogP contribution in [0.15, 0.2) is 24.3 Å². The number of aryl methyl sites for hydroxylation is 1. The topological polar surface area (TPSA) is 57.7 Å². The molecule has 24 heavy (non-hydrogen) atoms. The van der Waals surface area contributed by atoms with Gasteiger partial charge in [0.25, 0.3) is 0 Å². The van der Waals surface area contributed by atoms with Crippen molar-refractivity contribution in [1.82, 2.24) is 4.90 Å². The van der Waals surface area contributed by atoms with Gasteiger partial charge in [0.15, 0.2) is 0 Å². The fourth-order valence-corrected chi connectivity index (χ4v) is 4.61. The second-order valence-electron chi connectivity index (χ2n) is 6.81. The van der Waals surface area contributed by atoms with Crippen LogP contribution in [0.5, 0.6) is 0 Å². The number of carbonyl (C=O) groups is 1. The number of hydrogen-bond acceptors (Lipinski definition) is 3. The maximum Gasteiger partial charge on any atom is 0.246 e. The Morgan fingerprint density at radius 1 is 1.12 bits per heavy atom. The molecule has 1 saturated carbocycles. The summed E-state index contributed by atoms with van der Waals surface area (Å²) in [5.74, 6) is -0.145. The van der Waals surface area contributed by atoms with Crippen LogP contribution in [0.4, 0.5) is 5.69 Å². The van der Waals surface area contributed by atoms with Crippen LogP contribution in [0.2, 0.25) is 0 Å². The highest BCUT2D eigenvalue weighted by Gasteiger charge is 2.33. The highest BCUT2D eigenvalue weighted by molar-refractivity contribution is 7.92. The number of amides is 1. The van der Waals surface area contributed by atoms with Crippen molar-refractivity contribution in [2.24, 2.45) is 0 Å². The summed E-state index contributed by atoms with van der Waals surface area (Å²) < 4.78 is 25.9. The van der Waals surface area contributed by atoms with Crippen molar-refractivity contribution in [3.8, 4) is 0 Å². The van der Waals surface area contributed by atoms with Crippen molar-refractivity contribution in [2.45, 2.75) is 58.0 Å². The number of benzene rings is 1. The number of hydrogen-bond donors (Lipinski definition) is 0. The fraction of sp³-hybridized carbons (Fsp3) is 0.611. The van der Waals surface area contributed by atoms with Gasteiger partial charge in [-0.3, -0.25) is 9.10 Å². The lowest BCUT2D eigenvalue weighted by Gasteiger charge is -2.36. The molecule has 1 aliphatic rings. The van der Waals surface area contributed by atoms with Gasteiger partial charge < -0.3 is 4.90 Å². The summed E-state index contributed by atoms with van der Waals surface area (Å²) in [5, 5.41) is 0. The molecule has 6 heteroatoms. The number of sulfonamides is 1. The lowest BCUT2D eigenvalue weighted by Crippen LogP contribution is -2.51. The Balaban J connectivity index is 2.25. The number of anilines is 1. The molecule has 1 aliphatic carbocycles. The Bertz CT molecular complexity index is 664. The molecule has 0 radical (unpaired) electrons. The second-order valence-corrected chi connectivity index (χ2v) is 8.67. The minimum Gasteiger partial charge on any atom is -0.341 e. The van der Waals surface area contributed by atoms with Gasteiger partial charge in [-0.1, -0.05) is 37.0 Å². The number of likely N-dealkylation sites (N-methyl/N-ethyl adjacent to an activating group) is 1. The minimum absolute atomic E-state index is 0.145.